The molecule has 0 aromatic heterocycles. The maximum Gasteiger partial charge on any atom is 0.387 e. The summed E-state index contributed by atoms with van der Waals surface area (Å²) in [6.45, 7) is 2.65. The minimum atomic E-state index is -2.90. The number of benzene rings is 2. The number of nitrogens with zero attached hydrogens (tertiary/aromatic N) is 3. The van der Waals surface area contributed by atoms with E-state index in [0.29, 0.717) is 23.1 Å². The Bertz CT molecular complexity index is 1090. The smallest absolute Gasteiger partial charge is 0.387 e. The van der Waals surface area contributed by atoms with Crippen molar-refractivity contribution < 1.29 is 23.1 Å². The molecule has 0 unspecified atom stereocenters. The van der Waals surface area contributed by atoms with Gasteiger partial charge in [-0.25, -0.2) is 0 Å². The maximum absolute atomic E-state index is 13.4. The van der Waals surface area contributed by atoms with Crippen LogP contribution >= 0.6 is 0 Å². The van der Waals surface area contributed by atoms with Crippen molar-refractivity contribution in [2.24, 2.45) is 0 Å². The number of piperazine rings is 1. The summed E-state index contributed by atoms with van der Waals surface area (Å²) in [4.78, 5) is 32.8. The van der Waals surface area contributed by atoms with Crippen LogP contribution in [0.3, 0.4) is 0 Å². The summed E-state index contributed by atoms with van der Waals surface area (Å²) < 4.78 is 28.9. The van der Waals surface area contributed by atoms with Gasteiger partial charge < -0.3 is 19.9 Å². The number of likely N-dealkylation sites (N-methyl/N-ethyl adjacent to an activating group) is 1. The van der Waals surface area contributed by atoms with Crippen LogP contribution in [0.5, 0.6) is 5.75 Å². The number of anilines is 1. The van der Waals surface area contributed by atoms with Crippen LogP contribution in [-0.2, 0) is 4.79 Å². The largest absolute Gasteiger partial charge is 0.435 e. The van der Waals surface area contributed by atoms with Crippen LogP contribution in [-0.4, -0.2) is 85.0 Å². The van der Waals surface area contributed by atoms with E-state index in [4.69, 9.17) is 0 Å². The van der Waals surface area contributed by atoms with Crippen LogP contribution in [0.2, 0.25) is 0 Å². The number of carbonyl (C=O) groups is 2. The fourth-order valence-corrected chi connectivity index (χ4v) is 5.56. The van der Waals surface area contributed by atoms with Crippen molar-refractivity contribution in [1.29, 1.82) is 0 Å². The molecule has 2 amide bonds. The first-order chi connectivity index (χ1) is 17.8. The highest BCUT2D eigenvalue weighted by molar-refractivity contribution is 6.04. The van der Waals surface area contributed by atoms with Gasteiger partial charge in [-0.05, 0) is 80.6 Å². The van der Waals surface area contributed by atoms with E-state index in [1.807, 2.05) is 24.3 Å². The van der Waals surface area contributed by atoms with Crippen molar-refractivity contribution in [2.75, 3.05) is 51.6 Å². The second-order valence-electron chi connectivity index (χ2n) is 10.4. The molecule has 2 aromatic rings. The molecular weight excluding hydrogens is 478 g/mol. The molecular formula is C28H34F2N4O3. The molecule has 0 bridgehead atoms. The van der Waals surface area contributed by atoms with Gasteiger partial charge in [-0.2, -0.15) is 8.78 Å². The lowest BCUT2D eigenvalue weighted by atomic mass is 9.89. The van der Waals surface area contributed by atoms with E-state index >= 15 is 0 Å². The summed E-state index contributed by atoms with van der Waals surface area (Å²) in [5, 5.41) is 2.84. The quantitative estimate of drug-likeness (QED) is 0.607. The van der Waals surface area contributed by atoms with Crippen LogP contribution in [0, 0.1) is 0 Å². The zero-order valence-electron chi connectivity index (χ0n) is 21.2. The number of piperidine rings is 1. The highest BCUT2D eigenvalue weighted by Gasteiger charge is 2.56. The van der Waals surface area contributed by atoms with Crippen molar-refractivity contribution in [3.63, 3.8) is 0 Å². The maximum atomic E-state index is 13.4. The van der Waals surface area contributed by atoms with Gasteiger partial charge in [0.1, 0.15) is 11.3 Å². The van der Waals surface area contributed by atoms with E-state index in [9.17, 15) is 18.4 Å². The molecule has 1 saturated carbocycles. The molecule has 1 aliphatic carbocycles. The third-order valence-electron chi connectivity index (χ3n) is 7.99. The summed E-state index contributed by atoms with van der Waals surface area (Å²) in [5.41, 5.74) is 1.98. The Morgan fingerprint density at radius 1 is 0.919 bits per heavy atom. The number of nitrogens with one attached hydrogen (secondary N) is 1. The second-order valence-corrected chi connectivity index (χ2v) is 10.4. The molecule has 1 N–H and O–H groups in total. The van der Waals surface area contributed by atoms with Gasteiger partial charge in [-0.1, -0.05) is 12.1 Å². The Labute approximate surface area is 216 Å². The molecule has 0 radical (unpaired) electrons. The fraction of sp³-hybridized carbons (Fsp3) is 0.500. The van der Waals surface area contributed by atoms with Crippen LogP contribution in [0.4, 0.5) is 14.5 Å². The van der Waals surface area contributed by atoms with Crippen LogP contribution in [0.1, 0.15) is 47.5 Å². The van der Waals surface area contributed by atoms with E-state index in [-0.39, 0.29) is 17.2 Å². The Morgan fingerprint density at radius 3 is 2.11 bits per heavy atom. The standard InChI is InChI=1S/C28H34F2N4O3/c1-32-16-18-34(19-17-32)28(12-13-28)26(36)33-14-10-21(11-15-33)20-2-6-23(7-3-20)31-25(35)22-4-8-24(9-5-22)37-27(29)30/h2-9,21,27H,10-19H2,1H3,(H,31,35). The Kier molecular flexibility index (Phi) is 7.44. The topological polar surface area (TPSA) is 65.1 Å². The van der Waals surface area contributed by atoms with Crippen molar-refractivity contribution in [1.82, 2.24) is 14.7 Å². The SMILES string of the molecule is CN1CCN(C2(C(=O)N3CCC(c4ccc(NC(=O)c5ccc(OC(F)F)cc5)cc4)CC3)CC2)CC1. The molecule has 2 saturated heterocycles. The van der Waals surface area contributed by atoms with Gasteiger partial charge in [-0.3, -0.25) is 14.5 Å². The number of halogens is 2. The van der Waals surface area contributed by atoms with E-state index in [0.717, 1.165) is 65.0 Å². The Balaban J connectivity index is 1.12. The van der Waals surface area contributed by atoms with Gasteiger partial charge in [0.15, 0.2) is 0 Å². The lowest BCUT2D eigenvalue weighted by Crippen LogP contribution is -2.57. The number of carbonyl (C=O) groups excluding carboxylic acids is 2. The molecule has 2 heterocycles. The molecule has 3 aliphatic rings. The van der Waals surface area contributed by atoms with Gasteiger partial charge in [0, 0.05) is 50.5 Å². The lowest BCUT2D eigenvalue weighted by Gasteiger charge is -2.41. The molecule has 0 spiro atoms. The number of ether oxygens (including phenoxy) is 1. The summed E-state index contributed by atoms with van der Waals surface area (Å²) in [5.74, 6) is 0.394. The van der Waals surface area contributed by atoms with Gasteiger partial charge in [0.2, 0.25) is 5.91 Å². The van der Waals surface area contributed by atoms with Gasteiger partial charge in [-0.15, -0.1) is 0 Å². The molecule has 3 fully saturated rings. The first-order valence-electron chi connectivity index (χ1n) is 13.0. The molecule has 2 aromatic carbocycles. The van der Waals surface area contributed by atoms with Crippen LogP contribution in [0.25, 0.3) is 0 Å². The number of hydrogen-bond donors (Lipinski definition) is 1. The normalized spacial score (nSPS) is 20.6. The zero-order chi connectivity index (χ0) is 26.0. The number of alkyl halides is 2. The first-order valence-corrected chi connectivity index (χ1v) is 13.0. The van der Waals surface area contributed by atoms with Gasteiger partial charge in [0.25, 0.3) is 5.91 Å². The molecule has 37 heavy (non-hydrogen) atoms. The fourth-order valence-electron chi connectivity index (χ4n) is 5.56. The summed E-state index contributed by atoms with van der Waals surface area (Å²) in [7, 11) is 2.14. The van der Waals surface area contributed by atoms with Gasteiger partial charge >= 0.3 is 6.61 Å². The van der Waals surface area contributed by atoms with E-state index < -0.39 is 6.61 Å². The highest BCUT2D eigenvalue weighted by Crippen LogP contribution is 2.44. The third-order valence-corrected chi connectivity index (χ3v) is 7.99. The summed E-state index contributed by atoms with van der Waals surface area (Å²) in [6.07, 6.45) is 3.83. The van der Waals surface area contributed by atoms with Crippen molar-refractivity contribution in [3.05, 3.63) is 59.7 Å². The second kappa shape index (κ2) is 10.8. The minimum absolute atomic E-state index is 0.00952. The zero-order valence-corrected chi connectivity index (χ0v) is 21.2. The third kappa shape index (κ3) is 5.78. The summed E-state index contributed by atoms with van der Waals surface area (Å²) >= 11 is 0. The molecule has 9 heteroatoms. The van der Waals surface area contributed by atoms with Crippen LogP contribution in [0.15, 0.2) is 48.5 Å². The molecule has 5 rings (SSSR count). The van der Waals surface area contributed by atoms with E-state index in [2.05, 4.69) is 31.8 Å². The number of rotatable bonds is 7. The Morgan fingerprint density at radius 2 is 1.54 bits per heavy atom. The molecule has 198 valence electrons. The molecule has 7 nitrogen and oxygen atoms in total. The van der Waals surface area contributed by atoms with Crippen molar-refractivity contribution >= 4 is 17.5 Å². The average molecular weight is 513 g/mol. The minimum Gasteiger partial charge on any atom is -0.435 e. The molecule has 0 atom stereocenters. The lowest BCUT2D eigenvalue weighted by molar-refractivity contribution is -0.140. The average Bonchev–Trinajstić information content (AvgIpc) is 3.71. The number of hydrogen-bond acceptors (Lipinski definition) is 5. The Hall–Kier alpha value is -3.04. The predicted octanol–water partition coefficient (Wildman–Crippen LogP) is 4.03. The summed E-state index contributed by atoms with van der Waals surface area (Å²) in [6, 6.07) is 13.4. The van der Waals surface area contributed by atoms with E-state index in [1.54, 1.807) is 0 Å². The van der Waals surface area contributed by atoms with Gasteiger partial charge in [0.05, 0.1) is 0 Å². The van der Waals surface area contributed by atoms with Crippen LogP contribution < -0.4 is 10.1 Å². The first kappa shape index (κ1) is 25.6. The monoisotopic (exact) mass is 512 g/mol. The predicted molar refractivity (Wildman–Crippen MR) is 137 cm³/mol. The molecule has 2 aliphatic heterocycles. The van der Waals surface area contributed by atoms with E-state index in [1.165, 1.54) is 29.8 Å². The van der Waals surface area contributed by atoms with Crippen molar-refractivity contribution in [3.8, 4) is 5.75 Å². The number of amides is 2. The highest BCUT2D eigenvalue weighted by atomic mass is 19.3. The van der Waals surface area contributed by atoms with Crippen molar-refractivity contribution in [2.45, 2.75) is 43.8 Å². The number of likely N-dealkylation sites (tertiary alicyclic amines) is 1.